The van der Waals surface area contributed by atoms with E-state index in [0.29, 0.717) is 6.54 Å². The van der Waals surface area contributed by atoms with Crippen LogP contribution in [0.3, 0.4) is 0 Å². The Morgan fingerprint density at radius 2 is 2.25 bits per heavy atom. The van der Waals surface area contributed by atoms with Crippen LogP contribution in [0.15, 0.2) is 17.5 Å². The number of hydrogen-bond donors (Lipinski definition) is 1. The van der Waals surface area contributed by atoms with Crippen LogP contribution in [0.5, 0.6) is 0 Å². The first-order chi connectivity index (χ1) is 9.72. The van der Waals surface area contributed by atoms with Gasteiger partial charge >= 0.3 is 0 Å². The highest BCUT2D eigenvalue weighted by atomic mass is 32.1. The summed E-state index contributed by atoms with van der Waals surface area (Å²) >= 11 is 1.53. The first-order valence-corrected chi connectivity index (χ1v) is 8.25. The van der Waals surface area contributed by atoms with Gasteiger partial charge in [0.15, 0.2) is 0 Å². The molecule has 110 valence electrons. The standard InChI is InChI=1S/C15H22N2O2S/c16-10-12-3-4-15(11-19-12)5-7-17(8-6-15)14(18)13-2-1-9-20-13/h1-2,9,12H,3-8,10-11,16H2. The molecule has 0 radical (unpaired) electrons. The van der Waals surface area contributed by atoms with E-state index in [1.54, 1.807) is 0 Å². The lowest BCUT2D eigenvalue weighted by molar-refractivity contribution is -0.0790. The van der Waals surface area contributed by atoms with Crippen LogP contribution in [-0.2, 0) is 4.74 Å². The predicted molar refractivity (Wildman–Crippen MR) is 79.9 cm³/mol. The molecule has 0 aromatic carbocycles. The van der Waals surface area contributed by atoms with E-state index in [1.165, 1.54) is 17.8 Å². The lowest BCUT2D eigenvalue weighted by Gasteiger charge is -2.45. The summed E-state index contributed by atoms with van der Waals surface area (Å²) in [4.78, 5) is 15.2. The largest absolute Gasteiger partial charge is 0.376 e. The Morgan fingerprint density at radius 3 is 2.80 bits per heavy atom. The average molecular weight is 294 g/mol. The summed E-state index contributed by atoms with van der Waals surface area (Å²) in [5.74, 6) is 0.186. The van der Waals surface area contributed by atoms with E-state index in [1.807, 2.05) is 22.4 Å². The second-order valence-corrected chi connectivity index (χ2v) is 6.92. The molecule has 1 aromatic heterocycles. The van der Waals surface area contributed by atoms with Crippen molar-refractivity contribution in [2.24, 2.45) is 11.1 Å². The summed E-state index contributed by atoms with van der Waals surface area (Å²) in [6.45, 7) is 3.15. The molecule has 1 spiro atoms. The third kappa shape index (κ3) is 2.75. The normalized spacial score (nSPS) is 25.9. The van der Waals surface area contributed by atoms with E-state index < -0.39 is 0 Å². The van der Waals surface area contributed by atoms with Crippen LogP contribution in [-0.4, -0.2) is 43.2 Å². The first-order valence-electron chi connectivity index (χ1n) is 7.37. The topological polar surface area (TPSA) is 55.6 Å². The maximum absolute atomic E-state index is 12.3. The van der Waals surface area contributed by atoms with E-state index in [0.717, 1.165) is 43.8 Å². The van der Waals surface area contributed by atoms with Crippen molar-refractivity contribution in [1.82, 2.24) is 4.90 Å². The summed E-state index contributed by atoms with van der Waals surface area (Å²) < 4.78 is 5.86. The third-order valence-corrected chi connectivity index (χ3v) is 5.59. The summed E-state index contributed by atoms with van der Waals surface area (Å²) in [5.41, 5.74) is 5.95. The van der Waals surface area contributed by atoms with Crippen LogP contribution in [0.4, 0.5) is 0 Å². The Hall–Kier alpha value is -0.910. The second-order valence-electron chi connectivity index (χ2n) is 5.98. The quantitative estimate of drug-likeness (QED) is 0.909. The van der Waals surface area contributed by atoms with E-state index in [-0.39, 0.29) is 17.4 Å². The average Bonchev–Trinajstić information content (AvgIpc) is 3.02. The van der Waals surface area contributed by atoms with Gasteiger partial charge in [-0.25, -0.2) is 0 Å². The molecule has 5 heteroatoms. The number of carbonyl (C=O) groups excluding carboxylic acids is 1. The molecule has 2 fully saturated rings. The van der Waals surface area contributed by atoms with Crippen molar-refractivity contribution in [3.05, 3.63) is 22.4 Å². The SMILES string of the molecule is NCC1CCC2(CCN(C(=O)c3cccs3)CC2)CO1. The number of amides is 1. The minimum absolute atomic E-state index is 0.186. The number of carbonyl (C=O) groups is 1. The van der Waals surface area contributed by atoms with Crippen molar-refractivity contribution in [3.8, 4) is 0 Å². The van der Waals surface area contributed by atoms with Gasteiger partial charge in [-0.15, -0.1) is 11.3 Å². The van der Waals surface area contributed by atoms with Gasteiger partial charge in [-0.05, 0) is 42.5 Å². The monoisotopic (exact) mass is 294 g/mol. The lowest BCUT2D eigenvalue weighted by atomic mass is 9.73. The molecule has 0 aliphatic carbocycles. The smallest absolute Gasteiger partial charge is 0.263 e. The summed E-state index contributed by atoms with van der Waals surface area (Å²) in [5, 5.41) is 1.96. The number of rotatable bonds is 2. The molecule has 2 aliphatic heterocycles. The van der Waals surface area contributed by atoms with E-state index in [9.17, 15) is 4.79 Å². The van der Waals surface area contributed by atoms with Crippen LogP contribution >= 0.6 is 11.3 Å². The highest BCUT2D eigenvalue weighted by Gasteiger charge is 2.39. The maximum atomic E-state index is 12.3. The molecule has 1 amide bonds. The van der Waals surface area contributed by atoms with Gasteiger partial charge in [-0.2, -0.15) is 0 Å². The van der Waals surface area contributed by atoms with E-state index >= 15 is 0 Å². The number of nitrogens with zero attached hydrogens (tertiary/aromatic N) is 1. The van der Waals surface area contributed by atoms with Crippen molar-refractivity contribution >= 4 is 17.2 Å². The molecule has 3 heterocycles. The van der Waals surface area contributed by atoms with Gasteiger partial charge in [0.2, 0.25) is 0 Å². The molecule has 1 aromatic rings. The van der Waals surface area contributed by atoms with Gasteiger partial charge in [-0.1, -0.05) is 6.07 Å². The Morgan fingerprint density at radius 1 is 1.45 bits per heavy atom. The number of likely N-dealkylation sites (tertiary alicyclic amines) is 1. The third-order valence-electron chi connectivity index (χ3n) is 4.73. The van der Waals surface area contributed by atoms with E-state index in [2.05, 4.69) is 0 Å². The second kappa shape index (κ2) is 5.84. The molecule has 0 bridgehead atoms. The Kier molecular flexibility index (Phi) is 4.10. The minimum Gasteiger partial charge on any atom is -0.376 e. The summed E-state index contributed by atoms with van der Waals surface area (Å²) in [7, 11) is 0. The molecule has 0 saturated carbocycles. The van der Waals surface area contributed by atoms with Crippen molar-refractivity contribution in [1.29, 1.82) is 0 Å². The zero-order valence-electron chi connectivity index (χ0n) is 11.7. The summed E-state index contributed by atoms with van der Waals surface area (Å²) in [6.07, 6.45) is 4.61. The van der Waals surface area contributed by atoms with Crippen LogP contribution in [0.1, 0.15) is 35.4 Å². The van der Waals surface area contributed by atoms with Gasteiger partial charge in [0.05, 0.1) is 17.6 Å². The number of piperidine rings is 1. The molecule has 1 unspecified atom stereocenters. The minimum atomic E-state index is 0.186. The number of nitrogens with two attached hydrogens (primary N) is 1. The van der Waals surface area contributed by atoms with Crippen LogP contribution < -0.4 is 5.73 Å². The maximum Gasteiger partial charge on any atom is 0.263 e. The fourth-order valence-corrected chi connectivity index (χ4v) is 3.93. The Balaban J connectivity index is 1.56. The zero-order chi connectivity index (χ0) is 14.0. The van der Waals surface area contributed by atoms with Gasteiger partial charge in [0.25, 0.3) is 5.91 Å². The highest BCUT2D eigenvalue weighted by Crippen LogP contribution is 2.40. The Bertz CT molecular complexity index is 442. The van der Waals surface area contributed by atoms with Gasteiger partial charge in [0.1, 0.15) is 0 Å². The van der Waals surface area contributed by atoms with Gasteiger partial charge in [0, 0.05) is 19.6 Å². The van der Waals surface area contributed by atoms with Crippen molar-refractivity contribution in [2.75, 3.05) is 26.2 Å². The number of ether oxygens (including phenoxy) is 1. The van der Waals surface area contributed by atoms with Gasteiger partial charge in [-0.3, -0.25) is 4.79 Å². The van der Waals surface area contributed by atoms with Crippen molar-refractivity contribution in [2.45, 2.75) is 31.8 Å². The van der Waals surface area contributed by atoms with Gasteiger partial charge < -0.3 is 15.4 Å². The molecule has 20 heavy (non-hydrogen) atoms. The molecule has 3 rings (SSSR count). The molecule has 1 atom stereocenters. The van der Waals surface area contributed by atoms with Crippen molar-refractivity contribution in [3.63, 3.8) is 0 Å². The Labute approximate surface area is 123 Å². The molecular weight excluding hydrogens is 272 g/mol. The molecule has 4 nitrogen and oxygen atoms in total. The predicted octanol–water partition coefficient (Wildman–Crippen LogP) is 2.11. The fraction of sp³-hybridized carbons (Fsp3) is 0.667. The van der Waals surface area contributed by atoms with Crippen LogP contribution in [0.25, 0.3) is 0 Å². The summed E-state index contributed by atoms with van der Waals surface area (Å²) in [6, 6.07) is 3.85. The lowest BCUT2D eigenvalue weighted by Crippen LogP contribution is -2.48. The molecule has 2 aliphatic rings. The number of hydrogen-bond acceptors (Lipinski definition) is 4. The van der Waals surface area contributed by atoms with Crippen LogP contribution in [0.2, 0.25) is 0 Å². The first kappa shape index (κ1) is 14.0. The molecule has 2 saturated heterocycles. The number of thiophene rings is 1. The van der Waals surface area contributed by atoms with Crippen molar-refractivity contribution < 1.29 is 9.53 Å². The highest BCUT2D eigenvalue weighted by molar-refractivity contribution is 7.12. The molecule has 2 N–H and O–H groups in total. The van der Waals surface area contributed by atoms with Crippen LogP contribution in [0, 0.1) is 5.41 Å². The van der Waals surface area contributed by atoms with E-state index in [4.69, 9.17) is 10.5 Å². The fourth-order valence-electron chi connectivity index (χ4n) is 3.24. The zero-order valence-corrected chi connectivity index (χ0v) is 12.5. The molecular formula is C15H22N2O2S.